The second-order valence-corrected chi connectivity index (χ2v) is 3.58. The van der Waals surface area contributed by atoms with Crippen LogP contribution in [-0.4, -0.2) is 29.4 Å². The van der Waals surface area contributed by atoms with Crippen molar-refractivity contribution in [2.75, 3.05) is 13.2 Å². The van der Waals surface area contributed by atoms with Gasteiger partial charge in [0, 0.05) is 13.2 Å². The Bertz CT molecular complexity index is 360. The number of carbonyl (C=O) groups is 1. The maximum Gasteiger partial charge on any atom is 0.335 e. The van der Waals surface area contributed by atoms with E-state index in [0.29, 0.717) is 19.6 Å². The predicted octanol–water partition coefficient (Wildman–Crippen LogP) is 1.59. The van der Waals surface area contributed by atoms with E-state index in [1.165, 1.54) is 0 Å². The van der Waals surface area contributed by atoms with E-state index in [1.807, 2.05) is 6.92 Å². The standard InChI is InChI=1S/C12H16O4/c1-9-7-10(12(14)15)3-4-11(9)8-16-6-2-5-13/h3-4,7,13H,2,5-6,8H2,1H3,(H,14,15). The molecule has 0 saturated heterocycles. The topological polar surface area (TPSA) is 66.8 Å². The molecule has 0 saturated carbocycles. The molecule has 2 N–H and O–H groups in total. The van der Waals surface area contributed by atoms with Gasteiger partial charge in [0.05, 0.1) is 12.2 Å². The average molecular weight is 224 g/mol. The van der Waals surface area contributed by atoms with Gasteiger partial charge in [-0.25, -0.2) is 4.79 Å². The minimum absolute atomic E-state index is 0.122. The van der Waals surface area contributed by atoms with E-state index in [1.54, 1.807) is 18.2 Å². The molecular weight excluding hydrogens is 208 g/mol. The molecule has 1 rings (SSSR count). The van der Waals surface area contributed by atoms with Crippen LogP contribution in [0.5, 0.6) is 0 Å². The fourth-order valence-corrected chi connectivity index (χ4v) is 1.34. The van der Waals surface area contributed by atoms with Crippen molar-refractivity contribution < 1.29 is 19.7 Å². The molecule has 0 aromatic heterocycles. The minimum atomic E-state index is -0.921. The third-order valence-corrected chi connectivity index (χ3v) is 2.29. The van der Waals surface area contributed by atoms with Crippen molar-refractivity contribution in [3.05, 3.63) is 34.9 Å². The van der Waals surface area contributed by atoms with Gasteiger partial charge in [-0.05, 0) is 36.6 Å². The molecule has 0 atom stereocenters. The zero-order valence-electron chi connectivity index (χ0n) is 9.27. The van der Waals surface area contributed by atoms with E-state index in [0.717, 1.165) is 11.1 Å². The first-order valence-electron chi connectivity index (χ1n) is 5.16. The molecule has 0 aliphatic carbocycles. The number of carboxylic acid groups (broad SMARTS) is 1. The van der Waals surface area contributed by atoms with Crippen LogP contribution in [0, 0.1) is 6.92 Å². The summed E-state index contributed by atoms with van der Waals surface area (Å²) in [6, 6.07) is 4.96. The SMILES string of the molecule is Cc1cc(C(=O)O)ccc1COCCCO. The smallest absolute Gasteiger partial charge is 0.335 e. The van der Waals surface area contributed by atoms with E-state index in [2.05, 4.69) is 0 Å². The Kier molecular flexibility index (Phi) is 4.95. The first-order valence-corrected chi connectivity index (χ1v) is 5.16. The Labute approximate surface area is 94.5 Å². The first-order chi connectivity index (χ1) is 7.65. The molecule has 0 radical (unpaired) electrons. The Morgan fingerprint density at radius 2 is 2.19 bits per heavy atom. The molecule has 0 aliphatic rings. The van der Waals surface area contributed by atoms with Gasteiger partial charge >= 0.3 is 5.97 Å². The monoisotopic (exact) mass is 224 g/mol. The molecule has 1 aromatic carbocycles. The van der Waals surface area contributed by atoms with E-state index in [4.69, 9.17) is 14.9 Å². The fraction of sp³-hybridized carbons (Fsp3) is 0.417. The Morgan fingerprint density at radius 1 is 1.44 bits per heavy atom. The number of aliphatic hydroxyl groups excluding tert-OH is 1. The minimum Gasteiger partial charge on any atom is -0.478 e. The van der Waals surface area contributed by atoms with Crippen LogP contribution in [0.15, 0.2) is 18.2 Å². The van der Waals surface area contributed by atoms with Crippen LogP contribution in [0.25, 0.3) is 0 Å². The van der Waals surface area contributed by atoms with Crippen LogP contribution in [0.4, 0.5) is 0 Å². The molecule has 0 amide bonds. The largest absolute Gasteiger partial charge is 0.478 e. The van der Waals surface area contributed by atoms with Crippen LogP contribution in [-0.2, 0) is 11.3 Å². The molecule has 1 aromatic rings. The molecular formula is C12H16O4. The van der Waals surface area contributed by atoms with E-state index < -0.39 is 5.97 Å². The van der Waals surface area contributed by atoms with Crippen molar-refractivity contribution in [1.29, 1.82) is 0 Å². The number of rotatable bonds is 6. The highest BCUT2D eigenvalue weighted by Gasteiger charge is 2.05. The van der Waals surface area contributed by atoms with Gasteiger partial charge in [0.15, 0.2) is 0 Å². The zero-order valence-corrected chi connectivity index (χ0v) is 9.27. The highest BCUT2D eigenvalue weighted by atomic mass is 16.5. The van der Waals surface area contributed by atoms with Gasteiger partial charge in [-0.2, -0.15) is 0 Å². The molecule has 4 heteroatoms. The van der Waals surface area contributed by atoms with Gasteiger partial charge in [-0.15, -0.1) is 0 Å². The lowest BCUT2D eigenvalue weighted by Crippen LogP contribution is -2.02. The third kappa shape index (κ3) is 3.64. The van der Waals surface area contributed by atoms with Gasteiger partial charge in [-0.1, -0.05) is 6.07 Å². The van der Waals surface area contributed by atoms with Crippen molar-refractivity contribution in [2.45, 2.75) is 20.0 Å². The van der Waals surface area contributed by atoms with Crippen molar-refractivity contribution in [3.8, 4) is 0 Å². The summed E-state index contributed by atoms with van der Waals surface area (Å²) in [4.78, 5) is 10.7. The van der Waals surface area contributed by atoms with Gasteiger partial charge in [0.1, 0.15) is 0 Å². The number of ether oxygens (including phenoxy) is 1. The lowest BCUT2D eigenvalue weighted by Gasteiger charge is -2.07. The summed E-state index contributed by atoms with van der Waals surface area (Å²) in [5, 5.41) is 17.4. The van der Waals surface area contributed by atoms with Crippen LogP contribution < -0.4 is 0 Å². The summed E-state index contributed by atoms with van der Waals surface area (Å²) >= 11 is 0. The van der Waals surface area contributed by atoms with E-state index in [9.17, 15) is 4.79 Å². The van der Waals surface area contributed by atoms with Crippen molar-refractivity contribution in [3.63, 3.8) is 0 Å². The maximum atomic E-state index is 10.7. The van der Waals surface area contributed by atoms with Gasteiger partial charge in [0.2, 0.25) is 0 Å². The second-order valence-electron chi connectivity index (χ2n) is 3.58. The molecule has 0 heterocycles. The number of benzene rings is 1. The lowest BCUT2D eigenvalue weighted by molar-refractivity contribution is 0.0696. The average Bonchev–Trinajstić information content (AvgIpc) is 2.26. The molecule has 0 aliphatic heterocycles. The molecule has 4 nitrogen and oxygen atoms in total. The Hall–Kier alpha value is -1.39. The normalized spacial score (nSPS) is 10.4. The number of hydrogen-bond donors (Lipinski definition) is 2. The molecule has 16 heavy (non-hydrogen) atoms. The van der Waals surface area contributed by atoms with Crippen molar-refractivity contribution in [1.82, 2.24) is 0 Å². The van der Waals surface area contributed by atoms with Crippen LogP contribution in [0.3, 0.4) is 0 Å². The summed E-state index contributed by atoms with van der Waals surface area (Å²) in [5.74, 6) is -0.921. The number of carboxylic acids is 1. The third-order valence-electron chi connectivity index (χ3n) is 2.29. The number of aromatic carboxylic acids is 1. The Morgan fingerprint density at radius 3 is 2.75 bits per heavy atom. The predicted molar refractivity (Wildman–Crippen MR) is 59.5 cm³/mol. The van der Waals surface area contributed by atoms with E-state index >= 15 is 0 Å². The summed E-state index contributed by atoms with van der Waals surface area (Å²) in [7, 11) is 0. The van der Waals surface area contributed by atoms with Gasteiger partial charge in [0.25, 0.3) is 0 Å². The number of aliphatic hydroxyl groups is 1. The lowest BCUT2D eigenvalue weighted by atomic mass is 10.1. The highest BCUT2D eigenvalue weighted by Crippen LogP contribution is 2.12. The summed E-state index contributed by atoms with van der Waals surface area (Å²) in [5.41, 5.74) is 2.17. The molecule has 0 unspecified atom stereocenters. The van der Waals surface area contributed by atoms with Crippen LogP contribution in [0.1, 0.15) is 27.9 Å². The first kappa shape index (κ1) is 12.7. The quantitative estimate of drug-likeness (QED) is 0.720. The van der Waals surface area contributed by atoms with E-state index in [-0.39, 0.29) is 12.2 Å². The van der Waals surface area contributed by atoms with Crippen LogP contribution in [0.2, 0.25) is 0 Å². The highest BCUT2D eigenvalue weighted by molar-refractivity contribution is 5.87. The number of hydrogen-bond acceptors (Lipinski definition) is 3. The molecule has 88 valence electrons. The van der Waals surface area contributed by atoms with Crippen molar-refractivity contribution >= 4 is 5.97 Å². The van der Waals surface area contributed by atoms with Crippen molar-refractivity contribution in [2.24, 2.45) is 0 Å². The summed E-state index contributed by atoms with van der Waals surface area (Å²) in [6.45, 7) is 2.94. The molecule has 0 fully saturated rings. The maximum absolute atomic E-state index is 10.7. The molecule has 0 spiro atoms. The second kappa shape index (κ2) is 6.25. The summed E-state index contributed by atoms with van der Waals surface area (Å²) < 4.78 is 5.33. The Balaban J connectivity index is 2.57. The van der Waals surface area contributed by atoms with Crippen LogP contribution >= 0.6 is 0 Å². The van der Waals surface area contributed by atoms with Gasteiger partial charge < -0.3 is 14.9 Å². The number of aryl methyl sites for hydroxylation is 1. The fourth-order valence-electron chi connectivity index (χ4n) is 1.34. The zero-order chi connectivity index (χ0) is 12.0. The van der Waals surface area contributed by atoms with Gasteiger partial charge in [-0.3, -0.25) is 0 Å². The molecule has 0 bridgehead atoms. The summed E-state index contributed by atoms with van der Waals surface area (Å²) in [6.07, 6.45) is 0.617.